The van der Waals surface area contributed by atoms with Crippen LogP contribution < -0.4 is 9.47 Å². The van der Waals surface area contributed by atoms with Crippen molar-refractivity contribution < 1.29 is 24.8 Å². The largest absolute Gasteiger partial charge is 0.508 e. The predicted molar refractivity (Wildman–Crippen MR) is 127 cm³/mol. The molecule has 0 saturated carbocycles. The highest BCUT2D eigenvalue weighted by atomic mass is 16.5. The van der Waals surface area contributed by atoms with Gasteiger partial charge < -0.3 is 24.8 Å². The molecule has 0 unspecified atom stereocenters. The second-order valence-corrected chi connectivity index (χ2v) is 7.88. The molecule has 0 heterocycles. The molecular weight excluding hydrogens is 404 g/mol. The molecule has 3 rings (SSSR count). The van der Waals surface area contributed by atoms with Gasteiger partial charge >= 0.3 is 0 Å². The summed E-state index contributed by atoms with van der Waals surface area (Å²) in [6, 6.07) is 14.1. The Bertz CT molecular complexity index is 1110. The molecule has 3 aromatic rings. The van der Waals surface area contributed by atoms with Crippen molar-refractivity contribution in [2.75, 3.05) is 14.2 Å². The van der Waals surface area contributed by atoms with E-state index >= 15 is 0 Å². The Balaban J connectivity index is 2.13. The Morgan fingerprint density at radius 2 is 1.59 bits per heavy atom. The highest BCUT2D eigenvalue weighted by molar-refractivity contribution is 5.85. The van der Waals surface area contributed by atoms with Crippen LogP contribution in [0, 0.1) is 0 Å². The zero-order chi connectivity index (χ0) is 23.3. The maximum absolute atomic E-state index is 10.7. The fourth-order valence-electron chi connectivity index (χ4n) is 3.86. The number of hydrogen-bond donors (Lipinski definition) is 3. The molecule has 0 saturated heterocycles. The Kier molecular flexibility index (Phi) is 7.44. The summed E-state index contributed by atoms with van der Waals surface area (Å²) < 4.78 is 11.4. The van der Waals surface area contributed by atoms with Gasteiger partial charge in [0.2, 0.25) is 0 Å². The summed E-state index contributed by atoms with van der Waals surface area (Å²) in [6.45, 7) is 3.84. The standard InChI is InChI=1S/C27H30O5/c1-17(2)6-5-7-19-8-9-20(14-24(19)30)26-23(16-28)27(32-4)22(15-25(26)31-3)18-10-12-21(29)13-11-18/h6,8-15,28-30H,5,7,16H2,1-4H3. The summed E-state index contributed by atoms with van der Waals surface area (Å²) in [5.74, 6) is 1.44. The fraction of sp³-hybridized carbons (Fsp3) is 0.259. The number of methoxy groups -OCH3 is 2. The number of rotatable bonds is 8. The summed E-state index contributed by atoms with van der Waals surface area (Å²) >= 11 is 0. The van der Waals surface area contributed by atoms with Crippen molar-refractivity contribution >= 4 is 0 Å². The molecule has 0 amide bonds. The van der Waals surface area contributed by atoms with Crippen LogP contribution in [0.15, 0.2) is 60.2 Å². The summed E-state index contributed by atoms with van der Waals surface area (Å²) in [6.07, 6.45) is 3.74. The third-order valence-electron chi connectivity index (χ3n) is 5.44. The van der Waals surface area contributed by atoms with Crippen molar-refractivity contribution in [3.63, 3.8) is 0 Å². The van der Waals surface area contributed by atoms with E-state index in [-0.39, 0.29) is 18.1 Å². The molecule has 3 N–H and O–H groups in total. The number of phenolic OH excluding ortho intramolecular Hbond substituents is 2. The second kappa shape index (κ2) is 10.2. The maximum atomic E-state index is 10.7. The van der Waals surface area contributed by atoms with Gasteiger partial charge in [-0.15, -0.1) is 0 Å². The number of hydrogen-bond acceptors (Lipinski definition) is 5. The van der Waals surface area contributed by atoms with Gasteiger partial charge in [0, 0.05) is 16.7 Å². The maximum Gasteiger partial charge on any atom is 0.133 e. The minimum Gasteiger partial charge on any atom is -0.508 e. The number of aryl methyl sites for hydroxylation is 1. The van der Waals surface area contributed by atoms with E-state index in [1.54, 1.807) is 44.6 Å². The number of aliphatic hydroxyl groups is 1. The van der Waals surface area contributed by atoms with E-state index in [9.17, 15) is 15.3 Å². The Morgan fingerprint density at radius 1 is 0.906 bits per heavy atom. The van der Waals surface area contributed by atoms with E-state index in [0.29, 0.717) is 22.6 Å². The number of aromatic hydroxyl groups is 2. The van der Waals surface area contributed by atoms with E-state index in [2.05, 4.69) is 19.9 Å². The van der Waals surface area contributed by atoms with Crippen LogP contribution in [0.4, 0.5) is 0 Å². The molecule has 32 heavy (non-hydrogen) atoms. The van der Waals surface area contributed by atoms with E-state index < -0.39 is 0 Å². The lowest BCUT2D eigenvalue weighted by Crippen LogP contribution is -2.01. The topological polar surface area (TPSA) is 79.2 Å². The van der Waals surface area contributed by atoms with Gasteiger partial charge in [0.15, 0.2) is 0 Å². The van der Waals surface area contributed by atoms with Gasteiger partial charge in [0.05, 0.1) is 20.8 Å². The minimum atomic E-state index is -0.274. The summed E-state index contributed by atoms with van der Waals surface area (Å²) in [5.41, 5.74) is 5.62. The third kappa shape index (κ3) is 4.89. The first kappa shape index (κ1) is 23.2. The fourth-order valence-corrected chi connectivity index (χ4v) is 3.86. The number of phenols is 2. The van der Waals surface area contributed by atoms with Crippen LogP contribution in [-0.2, 0) is 13.0 Å². The van der Waals surface area contributed by atoms with Crippen molar-refractivity contribution in [3.8, 4) is 45.3 Å². The lowest BCUT2D eigenvalue weighted by atomic mass is 9.91. The third-order valence-corrected chi connectivity index (χ3v) is 5.44. The van der Waals surface area contributed by atoms with Crippen molar-refractivity contribution in [1.82, 2.24) is 0 Å². The lowest BCUT2D eigenvalue weighted by molar-refractivity contribution is 0.273. The van der Waals surface area contributed by atoms with Gasteiger partial charge in [0.25, 0.3) is 0 Å². The Morgan fingerprint density at radius 3 is 2.16 bits per heavy atom. The molecule has 0 radical (unpaired) electrons. The molecule has 5 nitrogen and oxygen atoms in total. The lowest BCUT2D eigenvalue weighted by Gasteiger charge is -2.21. The molecule has 0 fully saturated rings. The van der Waals surface area contributed by atoms with Gasteiger partial charge in [0.1, 0.15) is 23.0 Å². The van der Waals surface area contributed by atoms with Crippen LogP contribution in [0.2, 0.25) is 0 Å². The van der Waals surface area contributed by atoms with Crippen LogP contribution in [0.3, 0.4) is 0 Å². The van der Waals surface area contributed by atoms with E-state index in [1.165, 1.54) is 5.57 Å². The quantitative estimate of drug-likeness (QED) is 0.388. The molecule has 0 bridgehead atoms. The average Bonchev–Trinajstić information content (AvgIpc) is 2.78. The monoisotopic (exact) mass is 434 g/mol. The van der Waals surface area contributed by atoms with Crippen LogP contribution >= 0.6 is 0 Å². The SMILES string of the molecule is COc1cc(-c2ccc(O)cc2)c(OC)c(CO)c1-c1ccc(CCC=C(C)C)c(O)c1. The average molecular weight is 435 g/mol. The van der Waals surface area contributed by atoms with Gasteiger partial charge in [-0.1, -0.05) is 35.9 Å². The normalized spacial score (nSPS) is 10.7. The first-order valence-corrected chi connectivity index (χ1v) is 10.5. The van der Waals surface area contributed by atoms with Crippen LogP contribution in [-0.4, -0.2) is 29.5 Å². The predicted octanol–water partition coefficient (Wildman–Crippen LogP) is 5.84. The van der Waals surface area contributed by atoms with Crippen molar-refractivity contribution in [1.29, 1.82) is 0 Å². The molecule has 0 aliphatic carbocycles. The summed E-state index contributed by atoms with van der Waals surface area (Å²) in [4.78, 5) is 0. The molecule has 0 atom stereocenters. The minimum absolute atomic E-state index is 0.166. The highest BCUT2D eigenvalue weighted by Crippen LogP contribution is 2.46. The van der Waals surface area contributed by atoms with Crippen molar-refractivity contribution in [2.24, 2.45) is 0 Å². The molecule has 0 aliphatic heterocycles. The number of benzene rings is 3. The van der Waals surface area contributed by atoms with E-state index in [4.69, 9.17) is 9.47 Å². The Labute approximate surface area is 189 Å². The molecule has 0 aliphatic rings. The summed E-state index contributed by atoms with van der Waals surface area (Å²) in [5, 5.41) is 30.6. The number of aliphatic hydroxyl groups excluding tert-OH is 1. The molecule has 168 valence electrons. The molecule has 0 spiro atoms. The van der Waals surface area contributed by atoms with Gasteiger partial charge in [-0.2, -0.15) is 0 Å². The van der Waals surface area contributed by atoms with Gasteiger partial charge in [-0.05, 0) is 67.6 Å². The first-order valence-electron chi connectivity index (χ1n) is 10.5. The molecular formula is C27H30O5. The van der Waals surface area contributed by atoms with Gasteiger partial charge in [-0.3, -0.25) is 0 Å². The Hall–Kier alpha value is -3.44. The molecule has 5 heteroatoms. The highest BCUT2D eigenvalue weighted by Gasteiger charge is 2.22. The smallest absolute Gasteiger partial charge is 0.133 e. The zero-order valence-corrected chi connectivity index (χ0v) is 19.0. The summed E-state index contributed by atoms with van der Waals surface area (Å²) in [7, 11) is 3.12. The van der Waals surface area contributed by atoms with E-state index in [0.717, 1.165) is 35.1 Å². The van der Waals surface area contributed by atoms with Crippen LogP contribution in [0.5, 0.6) is 23.0 Å². The second-order valence-electron chi connectivity index (χ2n) is 7.88. The van der Waals surface area contributed by atoms with Crippen molar-refractivity contribution in [3.05, 3.63) is 71.3 Å². The van der Waals surface area contributed by atoms with Crippen LogP contribution in [0.1, 0.15) is 31.4 Å². The first-order chi connectivity index (χ1) is 15.4. The van der Waals surface area contributed by atoms with Crippen molar-refractivity contribution in [2.45, 2.75) is 33.3 Å². The number of ether oxygens (including phenoxy) is 2. The number of allylic oxidation sites excluding steroid dienone is 2. The molecule has 0 aromatic heterocycles. The molecule has 3 aromatic carbocycles. The zero-order valence-electron chi connectivity index (χ0n) is 19.0. The van der Waals surface area contributed by atoms with Crippen LogP contribution in [0.25, 0.3) is 22.3 Å². The van der Waals surface area contributed by atoms with Gasteiger partial charge in [-0.25, -0.2) is 0 Å². The van der Waals surface area contributed by atoms with E-state index in [1.807, 2.05) is 18.2 Å².